The normalized spacial score (nSPS) is 11.9. The number of amides is 1. The van der Waals surface area contributed by atoms with Crippen molar-refractivity contribution in [1.82, 2.24) is 4.90 Å². The van der Waals surface area contributed by atoms with Crippen molar-refractivity contribution in [3.8, 4) is 22.9 Å². The van der Waals surface area contributed by atoms with Crippen LogP contribution >= 0.6 is 0 Å². The molecule has 0 saturated heterocycles. The van der Waals surface area contributed by atoms with Gasteiger partial charge >= 0.3 is 0 Å². The zero-order chi connectivity index (χ0) is 19.3. The molecule has 0 fully saturated rings. The van der Waals surface area contributed by atoms with Crippen molar-refractivity contribution in [2.75, 3.05) is 0 Å². The predicted octanol–water partition coefficient (Wildman–Crippen LogP) is 4.64. The van der Waals surface area contributed by atoms with Gasteiger partial charge in [-0.05, 0) is 70.0 Å². The summed E-state index contributed by atoms with van der Waals surface area (Å²) >= 11 is 0. The van der Waals surface area contributed by atoms with Gasteiger partial charge in [0.05, 0.1) is 11.6 Å². The van der Waals surface area contributed by atoms with Gasteiger partial charge in [0.2, 0.25) is 0 Å². The van der Waals surface area contributed by atoms with Gasteiger partial charge < -0.3 is 9.64 Å². The van der Waals surface area contributed by atoms with Gasteiger partial charge in [0, 0.05) is 12.1 Å². The molecule has 0 aromatic heterocycles. The molecule has 26 heavy (non-hydrogen) atoms. The Kier molecular flexibility index (Phi) is 6.41. The summed E-state index contributed by atoms with van der Waals surface area (Å²) in [6, 6.07) is 17.5. The molecular formula is C22H26N2O2. The molecule has 2 aromatic rings. The average molecular weight is 350 g/mol. The molecule has 0 spiro atoms. The molecule has 136 valence electrons. The van der Waals surface area contributed by atoms with Crippen LogP contribution in [0.1, 0.15) is 40.2 Å². The molecular weight excluding hydrogens is 324 g/mol. The molecule has 0 aliphatic carbocycles. The summed E-state index contributed by atoms with van der Waals surface area (Å²) in [7, 11) is 0. The number of carbonyl (C=O) groups excluding carboxylic acids is 1. The van der Waals surface area contributed by atoms with E-state index in [0.717, 1.165) is 11.1 Å². The van der Waals surface area contributed by atoms with E-state index in [1.165, 1.54) is 0 Å². The minimum Gasteiger partial charge on any atom is -0.481 e. The molecule has 4 heteroatoms. The molecule has 1 atom stereocenters. The number of carbonyl (C=O) groups is 1. The quantitative estimate of drug-likeness (QED) is 0.763. The first-order valence-corrected chi connectivity index (χ1v) is 8.93. The van der Waals surface area contributed by atoms with Crippen LogP contribution in [-0.4, -0.2) is 29.0 Å². The first-order valence-electron chi connectivity index (χ1n) is 8.93. The van der Waals surface area contributed by atoms with E-state index in [2.05, 4.69) is 6.07 Å². The first-order chi connectivity index (χ1) is 12.3. The zero-order valence-electron chi connectivity index (χ0n) is 16.1. The second kappa shape index (κ2) is 8.53. The Bertz CT molecular complexity index is 763. The van der Waals surface area contributed by atoms with E-state index in [4.69, 9.17) is 10.00 Å². The number of rotatable bonds is 6. The lowest BCUT2D eigenvalue weighted by atomic mass is 10.0. The summed E-state index contributed by atoms with van der Waals surface area (Å²) < 4.78 is 5.85. The van der Waals surface area contributed by atoms with Crippen LogP contribution in [0.25, 0.3) is 11.1 Å². The van der Waals surface area contributed by atoms with Gasteiger partial charge in [0.1, 0.15) is 5.75 Å². The maximum Gasteiger partial charge on any atom is 0.263 e. The minimum absolute atomic E-state index is 0.00818. The Morgan fingerprint density at radius 2 is 1.35 bits per heavy atom. The number of ether oxygens (including phenoxy) is 1. The molecule has 1 amide bonds. The van der Waals surface area contributed by atoms with Gasteiger partial charge in [-0.15, -0.1) is 0 Å². The van der Waals surface area contributed by atoms with Crippen molar-refractivity contribution >= 4 is 5.91 Å². The topological polar surface area (TPSA) is 53.3 Å². The molecule has 2 aromatic carbocycles. The number of hydrogen-bond acceptors (Lipinski definition) is 3. The van der Waals surface area contributed by atoms with Gasteiger partial charge in [0.15, 0.2) is 6.10 Å². The van der Waals surface area contributed by atoms with Gasteiger partial charge in [-0.1, -0.05) is 24.3 Å². The standard InChI is InChI=1S/C22H26N2O2/c1-15(2)24(16(3)4)22(25)17(5)26-21-12-10-20(11-13-21)19-8-6-18(14-23)7-9-19/h6-13,15-17H,1-5H3. The van der Waals surface area contributed by atoms with Crippen LogP contribution in [0, 0.1) is 11.3 Å². The van der Waals surface area contributed by atoms with Crippen molar-refractivity contribution in [2.45, 2.75) is 52.8 Å². The Hall–Kier alpha value is -2.80. The maximum atomic E-state index is 12.7. The molecule has 0 aliphatic rings. The lowest BCUT2D eigenvalue weighted by Gasteiger charge is -2.33. The van der Waals surface area contributed by atoms with Crippen LogP contribution in [0.3, 0.4) is 0 Å². The fourth-order valence-electron chi connectivity index (χ4n) is 3.03. The van der Waals surface area contributed by atoms with Crippen molar-refractivity contribution in [1.29, 1.82) is 5.26 Å². The summed E-state index contributed by atoms with van der Waals surface area (Å²) in [6.45, 7) is 9.83. The highest BCUT2D eigenvalue weighted by molar-refractivity contribution is 5.81. The average Bonchev–Trinajstić information content (AvgIpc) is 2.61. The lowest BCUT2D eigenvalue weighted by molar-refractivity contribution is -0.141. The van der Waals surface area contributed by atoms with Crippen LogP contribution in [0.4, 0.5) is 0 Å². The number of nitrogens with zero attached hydrogens (tertiary/aromatic N) is 2. The molecule has 2 rings (SSSR count). The van der Waals surface area contributed by atoms with Crippen molar-refractivity contribution in [2.24, 2.45) is 0 Å². The van der Waals surface area contributed by atoms with E-state index >= 15 is 0 Å². The number of nitriles is 1. The minimum atomic E-state index is -0.541. The largest absolute Gasteiger partial charge is 0.481 e. The predicted molar refractivity (Wildman–Crippen MR) is 104 cm³/mol. The molecule has 0 aliphatic heterocycles. The van der Waals surface area contributed by atoms with Crippen LogP contribution in [0.2, 0.25) is 0 Å². The molecule has 4 nitrogen and oxygen atoms in total. The summed E-state index contributed by atoms with van der Waals surface area (Å²) in [5.74, 6) is 0.655. The summed E-state index contributed by atoms with van der Waals surface area (Å²) in [5, 5.41) is 8.87. The molecule has 0 bridgehead atoms. The van der Waals surface area contributed by atoms with E-state index in [-0.39, 0.29) is 18.0 Å². The Morgan fingerprint density at radius 3 is 1.77 bits per heavy atom. The maximum absolute atomic E-state index is 12.7. The Balaban J connectivity index is 2.08. The fourth-order valence-corrected chi connectivity index (χ4v) is 3.03. The third-order valence-electron chi connectivity index (χ3n) is 4.23. The lowest BCUT2D eigenvalue weighted by Crippen LogP contribution is -2.47. The van der Waals surface area contributed by atoms with Crippen LogP contribution in [-0.2, 0) is 4.79 Å². The zero-order valence-corrected chi connectivity index (χ0v) is 16.1. The van der Waals surface area contributed by atoms with Gasteiger partial charge in [-0.25, -0.2) is 0 Å². The summed E-state index contributed by atoms with van der Waals surface area (Å²) in [5.41, 5.74) is 2.71. The van der Waals surface area contributed by atoms with Crippen LogP contribution < -0.4 is 4.74 Å². The number of benzene rings is 2. The fraction of sp³-hybridized carbons (Fsp3) is 0.364. The van der Waals surface area contributed by atoms with E-state index < -0.39 is 6.10 Å². The van der Waals surface area contributed by atoms with Crippen molar-refractivity contribution in [3.63, 3.8) is 0 Å². The molecule has 0 saturated carbocycles. The van der Waals surface area contributed by atoms with Crippen molar-refractivity contribution in [3.05, 3.63) is 54.1 Å². The molecule has 0 N–H and O–H groups in total. The van der Waals surface area contributed by atoms with Crippen LogP contribution in [0.5, 0.6) is 5.75 Å². The van der Waals surface area contributed by atoms with E-state index in [1.807, 2.05) is 69.0 Å². The van der Waals surface area contributed by atoms with Crippen molar-refractivity contribution < 1.29 is 9.53 Å². The highest BCUT2D eigenvalue weighted by Gasteiger charge is 2.26. The van der Waals surface area contributed by atoms with E-state index in [1.54, 1.807) is 19.1 Å². The Labute approximate surface area is 156 Å². The molecule has 1 unspecified atom stereocenters. The highest BCUT2D eigenvalue weighted by Crippen LogP contribution is 2.23. The third kappa shape index (κ3) is 4.64. The van der Waals surface area contributed by atoms with E-state index in [0.29, 0.717) is 11.3 Å². The Morgan fingerprint density at radius 1 is 0.885 bits per heavy atom. The second-order valence-electron chi connectivity index (χ2n) is 6.91. The molecule has 0 radical (unpaired) electrons. The summed E-state index contributed by atoms with van der Waals surface area (Å²) in [6.07, 6.45) is -0.541. The third-order valence-corrected chi connectivity index (χ3v) is 4.23. The SMILES string of the molecule is CC(Oc1ccc(-c2ccc(C#N)cc2)cc1)C(=O)N(C(C)C)C(C)C. The highest BCUT2D eigenvalue weighted by atomic mass is 16.5. The van der Waals surface area contributed by atoms with Gasteiger partial charge in [0.25, 0.3) is 5.91 Å². The van der Waals surface area contributed by atoms with Gasteiger partial charge in [-0.2, -0.15) is 5.26 Å². The second-order valence-corrected chi connectivity index (χ2v) is 6.91. The van der Waals surface area contributed by atoms with Crippen LogP contribution in [0.15, 0.2) is 48.5 Å². The smallest absolute Gasteiger partial charge is 0.263 e. The molecule has 0 heterocycles. The monoisotopic (exact) mass is 350 g/mol. The van der Waals surface area contributed by atoms with Gasteiger partial charge in [-0.3, -0.25) is 4.79 Å². The first kappa shape index (κ1) is 19.5. The number of hydrogen-bond donors (Lipinski definition) is 0. The summed E-state index contributed by atoms with van der Waals surface area (Å²) in [4.78, 5) is 14.5. The van der Waals surface area contributed by atoms with E-state index in [9.17, 15) is 4.79 Å².